The number of hydrogen-bond acceptors (Lipinski definition) is 4. The number of nitrogens with one attached hydrogen (secondary N) is 1. The van der Waals surface area contributed by atoms with Gasteiger partial charge in [0.1, 0.15) is 0 Å². The van der Waals surface area contributed by atoms with Crippen LogP contribution in [0.1, 0.15) is 5.56 Å². The van der Waals surface area contributed by atoms with Crippen molar-refractivity contribution in [1.82, 2.24) is 10.2 Å². The van der Waals surface area contributed by atoms with Crippen LogP contribution in [-0.2, 0) is 11.3 Å². The van der Waals surface area contributed by atoms with Crippen molar-refractivity contribution in [2.45, 2.75) is 23.1 Å². The molecule has 1 saturated heterocycles. The van der Waals surface area contributed by atoms with Gasteiger partial charge < -0.3 is 10.1 Å². The number of benzene rings is 1. The van der Waals surface area contributed by atoms with Crippen molar-refractivity contribution < 1.29 is 17.9 Å². The highest BCUT2D eigenvalue weighted by Crippen LogP contribution is 2.36. The average molecular weight is 320 g/mol. The molecule has 1 N–H and O–H groups in total. The molecule has 1 aromatic rings. The lowest BCUT2D eigenvalue weighted by atomic mass is 10.2. The Bertz CT molecular complexity index is 433. The zero-order chi connectivity index (χ0) is 15.3. The quantitative estimate of drug-likeness (QED) is 0.843. The van der Waals surface area contributed by atoms with Gasteiger partial charge in [-0.3, -0.25) is 4.90 Å². The summed E-state index contributed by atoms with van der Waals surface area (Å²) < 4.78 is 42.4. The fraction of sp³-hybridized carbons (Fsp3) is 0.571. The lowest BCUT2D eigenvalue weighted by molar-refractivity contribution is -0.0328. The van der Waals surface area contributed by atoms with Gasteiger partial charge >= 0.3 is 5.51 Å². The van der Waals surface area contributed by atoms with Gasteiger partial charge in [0.15, 0.2) is 0 Å². The van der Waals surface area contributed by atoms with Crippen molar-refractivity contribution >= 4 is 11.8 Å². The number of rotatable bonds is 5. The maximum atomic E-state index is 12.2. The maximum absolute atomic E-state index is 12.2. The van der Waals surface area contributed by atoms with Crippen LogP contribution in [0.2, 0.25) is 0 Å². The fourth-order valence-electron chi connectivity index (χ4n) is 2.26. The molecule has 0 aromatic heterocycles. The first-order valence-electron chi connectivity index (χ1n) is 6.78. The molecule has 0 amide bonds. The standard InChI is InChI=1S/C14H19F3N2OS/c1-19(10-12-8-18-6-7-20-12)9-11-2-4-13(5-3-11)21-14(15,16)17/h2-5,12,18H,6-10H2,1H3. The number of ether oxygens (including phenoxy) is 1. The number of halogens is 3. The molecule has 2 rings (SSSR count). The van der Waals surface area contributed by atoms with E-state index in [0.717, 1.165) is 31.8 Å². The second kappa shape index (κ2) is 7.49. The van der Waals surface area contributed by atoms with E-state index >= 15 is 0 Å². The smallest absolute Gasteiger partial charge is 0.374 e. The molecular weight excluding hydrogens is 301 g/mol. The minimum absolute atomic E-state index is 0.0851. The minimum atomic E-state index is -4.23. The molecule has 118 valence electrons. The molecule has 0 saturated carbocycles. The molecule has 21 heavy (non-hydrogen) atoms. The summed E-state index contributed by atoms with van der Waals surface area (Å²) in [4.78, 5) is 2.33. The highest BCUT2D eigenvalue weighted by molar-refractivity contribution is 8.00. The molecule has 1 aliphatic rings. The molecule has 1 atom stereocenters. The summed E-state index contributed by atoms with van der Waals surface area (Å²) in [6.07, 6.45) is 0.170. The monoisotopic (exact) mass is 320 g/mol. The van der Waals surface area contributed by atoms with E-state index in [2.05, 4.69) is 10.2 Å². The van der Waals surface area contributed by atoms with Crippen LogP contribution in [0.4, 0.5) is 13.2 Å². The van der Waals surface area contributed by atoms with Gasteiger partial charge in [0.05, 0.1) is 12.7 Å². The van der Waals surface area contributed by atoms with E-state index in [4.69, 9.17) is 4.74 Å². The molecule has 1 unspecified atom stereocenters. The Balaban J connectivity index is 1.81. The Hall–Kier alpha value is -0.760. The van der Waals surface area contributed by atoms with Crippen molar-refractivity contribution in [3.8, 4) is 0 Å². The van der Waals surface area contributed by atoms with Gasteiger partial charge in [-0.1, -0.05) is 12.1 Å². The lowest BCUT2D eigenvalue weighted by Gasteiger charge is -2.28. The number of hydrogen-bond donors (Lipinski definition) is 1. The van der Waals surface area contributed by atoms with E-state index in [9.17, 15) is 13.2 Å². The number of alkyl halides is 3. The lowest BCUT2D eigenvalue weighted by Crippen LogP contribution is -2.44. The second-order valence-electron chi connectivity index (χ2n) is 5.09. The van der Waals surface area contributed by atoms with E-state index in [1.54, 1.807) is 12.1 Å². The Morgan fingerprint density at radius 2 is 2.05 bits per heavy atom. The van der Waals surface area contributed by atoms with Gasteiger partial charge in [0, 0.05) is 31.1 Å². The van der Waals surface area contributed by atoms with Gasteiger partial charge in [0.25, 0.3) is 0 Å². The summed E-state index contributed by atoms with van der Waals surface area (Å²) in [6, 6.07) is 6.51. The van der Waals surface area contributed by atoms with Crippen LogP contribution in [0.5, 0.6) is 0 Å². The third-order valence-electron chi connectivity index (χ3n) is 3.13. The molecule has 0 bridgehead atoms. The van der Waals surface area contributed by atoms with Gasteiger partial charge in [-0.25, -0.2) is 0 Å². The molecule has 1 heterocycles. The Kier molecular flexibility index (Phi) is 5.92. The Morgan fingerprint density at radius 1 is 1.33 bits per heavy atom. The summed E-state index contributed by atoms with van der Waals surface area (Å²) in [7, 11) is 1.98. The van der Waals surface area contributed by atoms with E-state index in [0.29, 0.717) is 6.54 Å². The molecule has 0 spiro atoms. The van der Waals surface area contributed by atoms with Crippen LogP contribution in [0.3, 0.4) is 0 Å². The van der Waals surface area contributed by atoms with Crippen molar-refractivity contribution in [1.29, 1.82) is 0 Å². The van der Waals surface area contributed by atoms with Gasteiger partial charge in [-0.15, -0.1) is 0 Å². The molecular formula is C14H19F3N2OS. The summed E-state index contributed by atoms with van der Waals surface area (Å²) in [6.45, 7) is 3.94. The third-order valence-corrected chi connectivity index (χ3v) is 3.87. The topological polar surface area (TPSA) is 24.5 Å². The maximum Gasteiger partial charge on any atom is 0.446 e. The van der Waals surface area contributed by atoms with E-state index in [1.807, 2.05) is 7.05 Å². The van der Waals surface area contributed by atoms with Crippen LogP contribution in [0, 0.1) is 0 Å². The van der Waals surface area contributed by atoms with E-state index in [-0.39, 0.29) is 22.8 Å². The van der Waals surface area contributed by atoms with Crippen molar-refractivity contribution in [2.24, 2.45) is 0 Å². The summed E-state index contributed by atoms with van der Waals surface area (Å²) in [5, 5.41) is 3.27. The van der Waals surface area contributed by atoms with Crippen molar-refractivity contribution in [3.05, 3.63) is 29.8 Å². The molecule has 3 nitrogen and oxygen atoms in total. The summed E-state index contributed by atoms with van der Waals surface area (Å²) in [5.41, 5.74) is -3.24. The van der Waals surface area contributed by atoms with E-state index in [1.165, 1.54) is 12.1 Å². The number of nitrogens with zero attached hydrogens (tertiary/aromatic N) is 1. The first-order chi connectivity index (χ1) is 9.92. The highest BCUT2D eigenvalue weighted by Gasteiger charge is 2.29. The normalized spacial score (nSPS) is 20.0. The van der Waals surface area contributed by atoms with Crippen LogP contribution >= 0.6 is 11.8 Å². The molecule has 0 radical (unpaired) electrons. The largest absolute Gasteiger partial charge is 0.446 e. The number of morpholine rings is 1. The van der Waals surface area contributed by atoms with Gasteiger partial charge in [-0.05, 0) is 36.5 Å². The highest BCUT2D eigenvalue weighted by atomic mass is 32.2. The predicted octanol–water partition coefficient (Wildman–Crippen LogP) is 2.72. The molecule has 1 aromatic carbocycles. The number of likely N-dealkylation sites (N-methyl/N-ethyl adjacent to an activating group) is 1. The minimum Gasteiger partial charge on any atom is -0.374 e. The molecule has 7 heteroatoms. The first kappa shape index (κ1) is 16.6. The zero-order valence-corrected chi connectivity index (χ0v) is 12.6. The third kappa shape index (κ3) is 6.25. The second-order valence-corrected chi connectivity index (χ2v) is 6.22. The number of thioether (sulfide) groups is 1. The average Bonchev–Trinajstić information content (AvgIpc) is 2.40. The van der Waals surface area contributed by atoms with Crippen LogP contribution in [-0.4, -0.2) is 49.8 Å². The predicted molar refractivity (Wildman–Crippen MR) is 77.3 cm³/mol. The van der Waals surface area contributed by atoms with Crippen LogP contribution in [0.15, 0.2) is 29.2 Å². The Labute approximate surface area is 126 Å². The molecule has 1 fully saturated rings. The van der Waals surface area contributed by atoms with Crippen molar-refractivity contribution in [2.75, 3.05) is 33.3 Å². The van der Waals surface area contributed by atoms with Gasteiger partial charge in [-0.2, -0.15) is 13.2 Å². The zero-order valence-electron chi connectivity index (χ0n) is 11.8. The van der Waals surface area contributed by atoms with Crippen molar-refractivity contribution in [3.63, 3.8) is 0 Å². The fourth-order valence-corrected chi connectivity index (χ4v) is 2.80. The summed E-state index contributed by atoms with van der Waals surface area (Å²) in [5.74, 6) is 0. The van der Waals surface area contributed by atoms with Gasteiger partial charge in [0.2, 0.25) is 0 Å². The molecule has 1 aliphatic heterocycles. The SMILES string of the molecule is CN(Cc1ccc(SC(F)(F)F)cc1)CC1CNCCO1. The summed E-state index contributed by atoms with van der Waals surface area (Å²) >= 11 is -0.0851. The first-order valence-corrected chi connectivity index (χ1v) is 7.59. The molecule has 0 aliphatic carbocycles. The van der Waals surface area contributed by atoms with Crippen LogP contribution < -0.4 is 5.32 Å². The Morgan fingerprint density at radius 3 is 2.62 bits per heavy atom. The van der Waals surface area contributed by atoms with Crippen LogP contribution in [0.25, 0.3) is 0 Å². The van der Waals surface area contributed by atoms with E-state index < -0.39 is 5.51 Å².